The molecule has 0 radical (unpaired) electrons. The summed E-state index contributed by atoms with van der Waals surface area (Å²) in [5.41, 5.74) is 4.72. The smallest absolute Gasteiger partial charge is 0.255 e. The van der Waals surface area contributed by atoms with E-state index in [4.69, 9.17) is 4.74 Å². The largest absolute Gasteiger partial charge is 0.504 e. The Labute approximate surface area is 311 Å². The predicted octanol–water partition coefficient (Wildman–Crippen LogP) is 3.99. The number of nitrogens with one attached hydrogen (secondary N) is 2. The molecule has 3 aromatic carbocycles. The summed E-state index contributed by atoms with van der Waals surface area (Å²) in [4.78, 5) is 62.5. The summed E-state index contributed by atoms with van der Waals surface area (Å²) < 4.78 is 6.12. The molecule has 3 heterocycles. The summed E-state index contributed by atoms with van der Waals surface area (Å²) in [5.74, 6) is -2.16. The van der Waals surface area contributed by atoms with Crippen LogP contribution in [0.3, 0.4) is 0 Å². The van der Waals surface area contributed by atoms with Gasteiger partial charge in [0.1, 0.15) is 24.4 Å². The van der Waals surface area contributed by atoms with Crippen molar-refractivity contribution in [1.29, 1.82) is 0 Å². The number of β-amino-alcohol motifs (C(OH)–C–C–N with tert-alkyl or cyclic N) is 1. The number of nitrogens with zero attached hydrogens (tertiary/aromatic N) is 3. The number of phenols is 2. The van der Waals surface area contributed by atoms with E-state index in [1.54, 1.807) is 22.5 Å². The number of aryl methyl sites for hydroxylation is 1. The van der Waals surface area contributed by atoms with Gasteiger partial charge >= 0.3 is 0 Å². The van der Waals surface area contributed by atoms with E-state index in [0.29, 0.717) is 16.9 Å². The van der Waals surface area contributed by atoms with Crippen LogP contribution in [0.15, 0.2) is 66.2 Å². The molecule has 278 valence electrons. The standard InChI is InChI=1S/C39H43N5O8S/c1-22-33(53-21-42-22)23-12-13-24(31(16-23)52-15-14-40-35(48)28-10-7-11-30(46)32(28)47)18-41-36(49)29-17-26(45)20-43(29)38(51)34(39(2,3)4)44-19-25-8-5-6-9-27(25)37(44)50/h5-13,16,21,26,29,34,45-47H,14-15,17-20H2,1-4H3,(H,40,48)(H,41,49)/t26-,29+,34-/m1/s1. The summed E-state index contributed by atoms with van der Waals surface area (Å²) in [6.07, 6.45) is -0.871. The third-order valence-corrected chi connectivity index (χ3v) is 10.5. The second-order valence-electron chi connectivity index (χ2n) is 14.3. The molecule has 6 rings (SSSR count). The van der Waals surface area contributed by atoms with Crippen LogP contribution in [0.4, 0.5) is 0 Å². The van der Waals surface area contributed by atoms with Crippen LogP contribution in [0.5, 0.6) is 17.2 Å². The Morgan fingerprint density at radius 2 is 1.83 bits per heavy atom. The van der Waals surface area contributed by atoms with Crippen molar-refractivity contribution in [1.82, 2.24) is 25.4 Å². The van der Waals surface area contributed by atoms with Gasteiger partial charge in [-0.2, -0.15) is 0 Å². The molecule has 1 fully saturated rings. The minimum atomic E-state index is -0.963. The summed E-state index contributed by atoms with van der Waals surface area (Å²) in [5, 5.41) is 36.1. The fraction of sp³-hybridized carbons (Fsp3) is 0.359. The lowest BCUT2D eigenvalue weighted by Gasteiger charge is -2.40. The highest BCUT2D eigenvalue weighted by atomic mass is 32.1. The van der Waals surface area contributed by atoms with Crippen LogP contribution in [0.1, 0.15) is 64.7 Å². The Balaban J connectivity index is 1.16. The van der Waals surface area contributed by atoms with E-state index in [-0.39, 0.29) is 50.7 Å². The molecule has 0 aliphatic carbocycles. The maximum Gasteiger partial charge on any atom is 0.255 e. The number of hydrogen-bond donors (Lipinski definition) is 5. The number of aliphatic hydroxyl groups excluding tert-OH is 1. The van der Waals surface area contributed by atoms with Crippen LogP contribution in [0.25, 0.3) is 10.4 Å². The van der Waals surface area contributed by atoms with E-state index in [9.17, 15) is 34.5 Å². The van der Waals surface area contributed by atoms with Crippen LogP contribution in [-0.4, -0.2) is 91.6 Å². The van der Waals surface area contributed by atoms with Gasteiger partial charge in [-0.1, -0.05) is 57.2 Å². The third kappa shape index (κ3) is 7.83. The van der Waals surface area contributed by atoms with Crippen molar-refractivity contribution in [3.8, 4) is 27.7 Å². The number of fused-ring (bicyclic) bond motifs is 1. The highest BCUT2D eigenvalue weighted by Gasteiger charge is 2.48. The summed E-state index contributed by atoms with van der Waals surface area (Å²) in [6.45, 7) is 7.94. The number of likely N-dealkylation sites (tertiary alicyclic amines) is 1. The Hall–Kier alpha value is -5.47. The SMILES string of the molecule is Cc1ncsc1-c1ccc(CNC(=O)[C@@H]2C[C@@H](O)CN2C(=O)[C@@H](N2Cc3ccccc3C2=O)C(C)(C)C)c(OCCNC(=O)c2cccc(O)c2O)c1. The predicted molar refractivity (Wildman–Crippen MR) is 197 cm³/mol. The minimum Gasteiger partial charge on any atom is -0.504 e. The molecule has 4 amide bonds. The molecule has 0 unspecified atom stereocenters. The fourth-order valence-electron chi connectivity index (χ4n) is 6.91. The van der Waals surface area contributed by atoms with Crippen LogP contribution in [0.2, 0.25) is 0 Å². The summed E-state index contributed by atoms with van der Waals surface area (Å²) >= 11 is 1.47. The maximum atomic E-state index is 14.3. The fourth-order valence-corrected chi connectivity index (χ4v) is 7.71. The normalized spacial score (nSPS) is 17.4. The monoisotopic (exact) mass is 741 g/mol. The molecule has 4 aromatic rings. The molecule has 13 nitrogen and oxygen atoms in total. The van der Waals surface area contributed by atoms with E-state index < -0.39 is 52.8 Å². The van der Waals surface area contributed by atoms with Gasteiger partial charge in [0.2, 0.25) is 11.8 Å². The summed E-state index contributed by atoms with van der Waals surface area (Å²) in [7, 11) is 0. The number of aliphatic hydroxyl groups is 1. The average molecular weight is 742 g/mol. The number of aromatic nitrogens is 1. The van der Waals surface area contributed by atoms with E-state index in [0.717, 1.165) is 21.7 Å². The number of ether oxygens (including phenoxy) is 1. The lowest BCUT2D eigenvalue weighted by molar-refractivity contribution is -0.145. The Morgan fingerprint density at radius 3 is 2.55 bits per heavy atom. The molecule has 0 spiro atoms. The average Bonchev–Trinajstić information content (AvgIpc) is 3.83. The van der Waals surface area contributed by atoms with Gasteiger partial charge < -0.3 is 40.5 Å². The van der Waals surface area contributed by atoms with Crippen LogP contribution >= 0.6 is 11.3 Å². The van der Waals surface area contributed by atoms with Crippen molar-refractivity contribution >= 4 is 35.0 Å². The van der Waals surface area contributed by atoms with Gasteiger partial charge in [-0.3, -0.25) is 19.2 Å². The zero-order valence-electron chi connectivity index (χ0n) is 30.0. The van der Waals surface area contributed by atoms with Gasteiger partial charge in [0.15, 0.2) is 11.5 Å². The van der Waals surface area contributed by atoms with Crippen LogP contribution in [0, 0.1) is 12.3 Å². The van der Waals surface area contributed by atoms with Crippen molar-refractivity contribution in [3.05, 3.63) is 94.1 Å². The lowest BCUT2D eigenvalue weighted by Crippen LogP contribution is -2.57. The van der Waals surface area contributed by atoms with Gasteiger partial charge in [-0.05, 0) is 47.7 Å². The molecule has 5 N–H and O–H groups in total. The van der Waals surface area contributed by atoms with E-state index in [1.165, 1.54) is 34.4 Å². The first-order chi connectivity index (χ1) is 25.2. The van der Waals surface area contributed by atoms with E-state index >= 15 is 0 Å². The molecule has 53 heavy (non-hydrogen) atoms. The molecule has 1 aromatic heterocycles. The minimum absolute atomic E-state index is 0.0386. The van der Waals surface area contributed by atoms with Crippen LogP contribution < -0.4 is 15.4 Å². The molecule has 14 heteroatoms. The lowest BCUT2D eigenvalue weighted by atomic mass is 9.84. The topological polar surface area (TPSA) is 182 Å². The Bertz CT molecular complexity index is 2040. The van der Waals surface area contributed by atoms with Gasteiger partial charge in [0, 0.05) is 37.2 Å². The number of thiazole rings is 1. The molecule has 2 aliphatic rings. The van der Waals surface area contributed by atoms with Crippen LogP contribution in [-0.2, 0) is 22.7 Å². The molecular weight excluding hydrogens is 699 g/mol. The number of benzene rings is 3. The first-order valence-electron chi connectivity index (χ1n) is 17.3. The molecule has 3 atom stereocenters. The first kappa shape index (κ1) is 37.3. The second-order valence-corrected chi connectivity index (χ2v) is 15.2. The maximum absolute atomic E-state index is 14.3. The van der Waals surface area contributed by atoms with Crippen molar-refractivity contribution in [2.24, 2.45) is 5.41 Å². The van der Waals surface area contributed by atoms with Crippen molar-refractivity contribution < 1.29 is 39.2 Å². The number of amides is 4. The number of phenolic OH excluding ortho intramolecular Hbond substituents is 2. The van der Waals surface area contributed by atoms with Gasteiger partial charge in [0.25, 0.3) is 11.8 Å². The third-order valence-electron chi connectivity index (χ3n) is 9.51. The number of aromatic hydroxyl groups is 2. The van der Waals surface area contributed by atoms with E-state index in [1.807, 2.05) is 58.0 Å². The van der Waals surface area contributed by atoms with Crippen molar-refractivity contribution in [3.63, 3.8) is 0 Å². The zero-order chi connectivity index (χ0) is 38.0. The summed E-state index contributed by atoms with van der Waals surface area (Å²) in [6, 6.07) is 15.1. The molecule has 0 saturated carbocycles. The zero-order valence-corrected chi connectivity index (χ0v) is 30.8. The number of rotatable bonds is 11. The van der Waals surface area contributed by atoms with Gasteiger partial charge in [-0.25, -0.2) is 4.98 Å². The van der Waals surface area contributed by atoms with Gasteiger partial charge in [0.05, 0.1) is 34.3 Å². The molecule has 2 aliphatic heterocycles. The first-order valence-corrected chi connectivity index (χ1v) is 18.2. The molecule has 0 bridgehead atoms. The number of carbonyl (C=O) groups is 4. The number of para-hydroxylation sites is 1. The highest BCUT2D eigenvalue weighted by Crippen LogP contribution is 2.36. The molecule has 1 saturated heterocycles. The Morgan fingerprint density at radius 1 is 1.06 bits per heavy atom. The van der Waals surface area contributed by atoms with E-state index in [2.05, 4.69) is 15.6 Å². The highest BCUT2D eigenvalue weighted by molar-refractivity contribution is 7.13. The quantitative estimate of drug-likeness (QED) is 0.112. The van der Waals surface area contributed by atoms with Crippen molar-refractivity contribution in [2.45, 2.75) is 65.4 Å². The number of hydrogen-bond acceptors (Lipinski definition) is 10. The molecular formula is C39H43N5O8S. The van der Waals surface area contributed by atoms with Crippen molar-refractivity contribution in [2.75, 3.05) is 19.7 Å². The number of carbonyl (C=O) groups excluding carboxylic acids is 4. The second kappa shape index (κ2) is 15.2. The van der Waals surface area contributed by atoms with Gasteiger partial charge in [-0.15, -0.1) is 11.3 Å². The Kier molecular flexibility index (Phi) is 10.7.